The van der Waals surface area contributed by atoms with E-state index in [1.807, 2.05) is 11.8 Å². The molecule has 3 saturated heterocycles. The summed E-state index contributed by atoms with van der Waals surface area (Å²) in [7, 11) is 0. The predicted octanol–water partition coefficient (Wildman–Crippen LogP) is 1.81. The summed E-state index contributed by atoms with van der Waals surface area (Å²) in [6.45, 7) is 7.72. The van der Waals surface area contributed by atoms with E-state index in [2.05, 4.69) is 9.80 Å². The highest BCUT2D eigenvalue weighted by Gasteiger charge is 2.34. The molecule has 0 N–H and O–H groups in total. The number of pyridine rings is 1. The van der Waals surface area contributed by atoms with Gasteiger partial charge in [0, 0.05) is 63.1 Å². The molecule has 0 aliphatic carbocycles. The summed E-state index contributed by atoms with van der Waals surface area (Å²) < 4.78 is 1.60. The van der Waals surface area contributed by atoms with Gasteiger partial charge in [0.05, 0.1) is 5.92 Å². The summed E-state index contributed by atoms with van der Waals surface area (Å²) >= 11 is 0. The first-order chi connectivity index (χ1) is 14.6. The van der Waals surface area contributed by atoms with Gasteiger partial charge in [-0.1, -0.05) is 0 Å². The van der Waals surface area contributed by atoms with E-state index in [-0.39, 0.29) is 17.4 Å². The summed E-state index contributed by atoms with van der Waals surface area (Å²) in [6.07, 6.45) is 7.94. The van der Waals surface area contributed by atoms with Crippen LogP contribution in [-0.4, -0.2) is 76.4 Å². The monoisotopic (exact) mass is 414 g/mol. The molecule has 1 atom stereocenters. The van der Waals surface area contributed by atoms with Gasteiger partial charge in [-0.05, 0) is 58.1 Å². The number of hydrogen-bond acceptors (Lipinski definition) is 4. The van der Waals surface area contributed by atoms with Gasteiger partial charge in [-0.2, -0.15) is 0 Å². The molecular formula is C23H34N4O3. The first-order valence-electron chi connectivity index (χ1n) is 11.6. The van der Waals surface area contributed by atoms with Crippen molar-refractivity contribution < 1.29 is 9.59 Å². The number of aryl methyl sites for hydroxylation is 1. The molecule has 0 aromatic carbocycles. The van der Waals surface area contributed by atoms with Gasteiger partial charge in [0.1, 0.15) is 0 Å². The largest absolute Gasteiger partial charge is 0.342 e. The zero-order valence-corrected chi connectivity index (χ0v) is 18.1. The second kappa shape index (κ2) is 9.33. The van der Waals surface area contributed by atoms with Gasteiger partial charge in [-0.25, -0.2) is 0 Å². The molecule has 1 unspecified atom stereocenters. The van der Waals surface area contributed by atoms with E-state index in [4.69, 9.17) is 0 Å². The lowest BCUT2D eigenvalue weighted by molar-refractivity contribution is -0.136. The van der Waals surface area contributed by atoms with Crippen molar-refractivity contribution in [2.75, 3.05) is 39.3 Å². The number of piperidine rings is 2. The molecule has 1 aromatic heterocycles. The quantitative estimate of drug-likeness (QED) is 0.754. The number of rotatable bonds is 4. The van der Waals surface area contributed by atoms with Crippen LogP contribution in [0.25, 0.3) is 0 Å². The lowest BCUT2D eigenvalue weighted by Gasteiger charge is -2.42. The van der Waals surface area contributed by atoms with Crippen molar-refractivity contribution in [3.63, 3.8) is 0 Å². The number of hydrogen-bond donors (Lipinski definition) is 0. The summed E-state index contributed by atoms with van der Waals surface area (Å²) in [6, 6.07) is 3.65. The van der Waals surface area contributed by atoms with Crippen LogP contribution in [0.2, 0.25) is 0 Å². The maximum Gasteiger partial charge on any atom is 0.254 e. The van der Waals surface area contributed by atoms with E-state index < -0.39 is 0 Å². The van der Waals surface area contributed by atoms with Crippen molar-refractivity contribution in [1.29, 1.82) is 0 Å². The van der Waals surface area contributed by atoms with Gasteiger partial charge in [0.15, 0.2) is 0 Å². The number of carbonyl (C=O) groups is 2. The Hall–Kier alpha value is -2.15. The van der Waals surface area contributed by atoms with Crippen LogP contribution in [-0.2, 0) is 11.3 Å². The van der Waals surface area contributed by atoms with Gasteiger partial charge in [-0.3, -0.25) is 19.3 Å². The molecular weight excluding hydrogens is 380 g/mol. The number of carbonyl (C=O) groups excluding carboxylic acids is 2. The molecule has 0 saturated carbocycles. The molecule has 1 aromatic rings. The molecule has 4 heterocycles. The van der Waals surface area contributed by atoms with Crippen LogP contribution >= 0.6 is 0 Å². The average molecular weight is 415 g/mol. The molecule has 30 heavy (non-hydrogen) atoms. The zero-order chi connectivity index (χ0) is 21.1. The highest BCUT2D eigenvalue weighted by molar-refractivity contribution is 5.94. The third-order valence-corrected chi connectivity index (χ3v) is 7.07. The van der Waals surface area contributed by atoms with Crippen molar-refractivity contribution in [2.24, 2.45) is 5.92 Å². The highest BCUT2D eigenvalue weighted by atomic mass is 16.2. The van der Waals surface area contributed by atoms with Crippen molar-refractivity contribution >= 4 is 11.8 Å². The maximum absolute atomic E-state index is 12.8. The van der Waals surface area contributed by atoms with Gasteiger partial charge in [0.25, 0.3) is 11.5 Å². The number of likely N-dealkylation sites (tertiary alicyclic amines) is 3. The minimum atomic E-state index is -0.125. The second-order valence-electron chi connectivity index (χ2n) is 8.93. The molecule has 7 heteroatoms. The van der Waals surface area contributed by atoms with Gasteiger partial charge in [-0.15, -0.1) is 0 Å². The van der Waals surface area contributed by atoms with Crippen molar-refractivity contribution in [1.82, 2.24) is 19.3 Å². The van der Waals surface area contributed by atoms with E-state index >= 15 is 0 Å². The summed E-state index contributed by atoms with van der Waals surface area (Å²) in [5.41, 5.74) is 0.359. The van der Waals surface area contributed by atoms with E-state index in [0.29, 0.717) is 37.1 Å². The van der Waals surface area contributed by atoms with Crippen molar-refractivity contribution in [3.05, 3.63) is 34.2 Å². The van der Waals surface area contributed by atoms with Crippen LogP contribution in [0.3, 0.4) is 0 Å². The fraction of sp³-hybridized carbons (Fsp3) is 0.696. The highest BCUT2D eigenvalue weighted by Crippen LogP contribution is 2.26. The standard InChI is InChI=1S/C23H34N4O3/c1-2-24-13-7-18(16-21(24)28)22(29)26-14-8-20(9-15-26)27-12-5-6-19(17-27)23(30)25-10-3-4-11-25/h7,13,16,19-20H,2-6,8-12,14-15,17H2,1H3. The molecule has 7 nitrogen and oxygen atoms in total. The topological polar surface area (TPSA) is 65.9 Å². The Labute approximate surface area is 178 Å². The van der Waals surface area contributed by atoms with Crippen LogP contribution in [0.15, 0.2) is 23.1 Å². The van der Waals surface area contributed by atoms with Crippen LogP contribution in [0.4, 0.5) is 0 Å². The Morgan fingerprint density at radius 1 is 0.967 bits per heavy atom. The lowest BCUT2D eigenvalue weighted by atomic mass is 9.92. The minimum absolute atomic E-state index is 0.0467. The maximum atomic E-state index is 12.8. The third kappa shape index (κ3) is 4.46. The van der Waals surface area contributed by atoms with Crippen LogP contribution in [0.1, 0.15) is 55.8 Å². The first-order valence-corrected chi connectivity index (χ1v) is 11.6. The third-order valence-electron chi connectivity index (χ3n) is 7.07. The Morgan fingerprint density at radius 3 is 2.37 bits per heavy atom. The first kappa shape index (κ1) is 21.1. The Morgan fingerprint density at radius 2 is 1.70 bits per heavy atom. The fourth-order valence-corrected chi connectivity index (χ4v) is 5.25. The van der Waals surface area contributed by atoms with Crippen molar-refractivity contribution in [3.8, 4) is 0 Å². The molecule has 3 aliphatic heterocycles. The van der Waals surface area contributed by atoms with Gasteiger partial charge < -0.3 is 14.4 Å². The summed E-state index contributed by atoms with van der Waals surface area (Å²) in [5, 5.41) is 0. The fourth-order valence-electron chi connectivity index (χ4n) is 5.25. The van der Waals surface area contributed by atoms with E-state index in [9.17, 15) is 14.4 Å². The molecule has 3 aliphatic rings. The van der Waals surface area contributed by atoms with Crippen LogP contribution < -0.4 is 5.56 Å². The molecule has 0 radical (unpaired) electrons. The predicted molar refractivity (Wildman–Crippen MR) is 115 cm³/mol. The van der Waals surface area contributed by atoms with Crippen LogP contribution in [0, 0.1) is 5.92 Å². The number of nitrogens with zero attached hydrogens (tertiary/aromatic N) is 4. The molecule has 2 amide bonds. The van der Waals surface area contributed by atoms with E-state index in [1.54, 1.807) is 16.8 Å². The smallest absolute Gasteiger partial charge is 0.254 e. The Bertz CT molecular complexity index is 822. The Balaban J connectivity index is 1.31. The zero-order valence-electron chi connectivity index (χ0n) is 18.1. The molecule has 0 bridgehead atoms. The molecule has 0 spiro atoms. The van der Waals surface area contributed by atoms with Gasteiger partial charge in [0.2, 0.25) is 5.91 Å². The average Bonchev–Trinajstić information content (AvgIpc) is 3.33. The second-order valence-corrected chi connectivity index (χ2v) is 8.93. The summed E-state index contributed by atoms with van der Waals surface area (Å²) in [5.74, 6) is 0.447. The Kier molecular flexibility index (Phi) is 6.56. The van der Waals surface area contributed by atoms with Crippen LogP contribution in [0.5, 0.6) is 0 Å². The number of amides is 2. The molecule has 164 valence electrons. The van der Waals surface area contributed by atoms with Gasteiger partial charge >= 0.3 is 0 Å². The SMILES string of the molecule is CCn1ccc(C(=O)N2CCC(N3CCCC(C(=O)N4CCCC4)C3)CC2)cc1=O. The minimum Gasteiger partial charge on any atom is -0.342 e. The summed E-state index contributed by atoms with van der Waals surface area (Å²) in [4.78, 5) is 44.1. The van der Waals surface area contributed by atoms with E-state index in [0.717, 1.165) is 64.7 Å². The number of aromatic nitrogens is 1. The lowest BCUT2D eigenvalue weighted by Crippen LogP contribution is -2.51. The molecule has 3 fully saturated rings. The van der Waals surface area contributed by atoms with E-state index in [1.165, 1.54) is 6.07 Å². The molecule has 4 rings (SSSR count). The normalized spacial score (nSPS) is 23.7. The van der Waals surface area contributed by atoms with Crippen molar-refractivity contribution in [2.45, 2.75) is 58.0 Å².